The molecule has 3 aromatic heterocycles. The monoisotopic (exact) mass is 462 g/mol. The molecule has 0 bridgehead atoms. The standard InChI is InChI=1S/C25H30N6O3/c1-17(2)10-24(33)30-8-6-29(7-9-30)23-5-4-19(13-27-23)22-11-21(34-16-18(3)32)15-31-25(22)20(12-26)14-28-31/h4-5,11,13-15,17-18,32H,6-10,16H2,1-3H3. The van der Waals surface area contributed by atoms with Gasteiger partial charge in [-0.3, -0.25) is 4.79 Å². The Hall–Kier alpha value is -3.64. The molecule has 1 fully saturated rings. The highest BCUT2D eigenvalue weighted by molar-refractivity contribution is 5.85. The molecular formula is C25H30N6O3. The number of hydrogen-bond acceptors (Lipinski definition) is 7. The van der Waals surface area contributed by atoms with Crippen molar-refractivity contribution in [1.29, 1.82) is 5.26 Å². The Bertz CT molecular complexity index is 1190. The number of carbonyl (C=O) groups excluding carboxylic acids is 1. The zero-order valence-corrected chi connectivity index (χ0v) is 19.8. The van der Waals surface area contributed by atoms with Gasteiger partial charge in [0.15, 0.2) is 0 Å². The Labute approximate surface area is 199 Å². The highest BCUT2D eigenvalue weighted by Gasteiger charge is 2.22. The number of carbonyl (C=O) groups is 1. The van der Waals surface area contributed by atoms with Crippen molar-refractivity contribution in [2.45, 2.75) is 33.3 Å². The average molecular weight is 463 g/mol. The lowest BCUT2D eigenvalue weighted by molar-refractivity contribution is -0.132. The van der Waals surface area contributed by atoms with Crippen molar-refractivity contribution in [1.82, 2.24) is 19.5 Å². The van der Waals surface area contributed by atoms with E-state index in [1.54, 1.807) is 23.8 Å². The van der Waals surface area contributed by atoms with Crippen molar-refractivity contribution < 1.29 is 14.6 Å². The number of piperazine rings is 1. The molecule has 178 valence electrons. The molecule has 3 aromatic rings. The summed E-state index contributed by atoms with van der Waals surface area (Å²) in [7, 11) is 0. The molecule has 9 nitrogen and oxygen atoms in total. The second kappa shape index (κ2) is 10.1. The van der Waals surface area contributed by atoms with Crippen molar-refractivity contribution in [2.75, 3.05) is 37.7 Å². The third kappa shape index (κ3) is 5.13. The third-order valence-electron chi connectivity index (χ3n) is 5.80. The van der Waals surface area contributed by atoms with Crippen LogP contribution < -0.4 is 9.64 Å². The summed E-state index contributed by atoms with van der Waals surface area (Å²) in [5.41, 5.74) is 2.75. The molecule has 34 heavy (non-hydrogen) atoms. The first-order valence-corrected chi connectivity index (χ1v) is 11.6. The van der Waals surface area contributed by atoms with Crippen LogP contribution in [0, 0.1) is 17.2 Å². The van der Waals surface area contributed by atoms with Gasteiger partial charge in [-0.1, -0.05) is 13.8 Å². The van der Waals surface area contributed by atoms with E-state index >= 15 is 0 Å². The number of aromatic nitrogens is 3. The molecule has 1 unspecified atom stereocenters. The maximum absolute atomic E-state index is 12.3. The summed E-state index contributed by atoms with van der Waals surface area (Å²) in [6.07, 6.45) is 4.99. The van der Waals surface area contributed by atoms with Crippen LogP contribution in [0.4, 0.5) is 5.82 Å². The number of ether oxygens (including phenoxy) is 1. The normalized spacial score (nSPS) is 14.9. The van der Waals surface area contributed by atoms with Crippen molar-refractivity contribution in [2.24, 2.45) is 5.92 Å². The predicted octanol–water partition coefficient (Wildman–Crippen LogP) is 2.72. The van der Waals surface area contributed by atoms with Gasteiger partial charge in [0.1, 0.15) is 24.2 Å². The Morgan fingerprint density at radius 2 is 1.97 bits per heavy atom. The van der Waals surface area contributed by atoms with Gasteiger partial charge >= 0.3 is 0 Å². The number of anilines is 1. The van der Waals surface area contributed by atoms with E-state index in [2.05, 4.69) is 34.9 Å². The van der Waals surface area contributed by atoms with Crippen LogP contribution in [0.2, 0.25) is 0 Å². The van der Waals surface area contributed by atoms with Gasteiger partial charge in [0.25, 0.3) is 0 Å². The first-order chi connectivity index (χ1) is 16.4. The molecule has 1 amide bonds. The second-order valence-electron chi connectivity index (χ2n) is 9.08. The minimum atomic E-state index is -0.603. The van der Waals surface area contributed by atoms with Gasteiger partial charge in [-0.2, -0.15) is 10.4 Å². The first kappa shape index (κ1) is 23.5. The lowest BCUT2D eigenvalue weighted by Gasteiger charge is -2.35. The van der Waals surface area contributed by atoms with Crippen LogP contribution >= 0.6 is 0 Å². The minimum Gasteiger partial charge on any atom is -0.489 e. The molecule has 9 heteroatoms. The minimum absolute atomic E-state index is 0.153. The van der Waals surface area contributed by atoms with Gasteiger partial charge in [0.2, 0.25) is 5.91 Å². The van der Waals surface area contributed by atoms with Gasteiger partial charge in [0.05, 0.1) is 29.6 Å². The Balaban J connectivity index is 1.55. The molecule has 1 aliphatic heterocycles. The molecule has 1 atom stereocenters. The number of fused-ring (bicyclic) bond motifs is 1. The van der Waals surface area contributed by atoms with Gasteiger partial charge in [0, 0.05) is 49.9 Å². The number of nitriles is 1. The quantitative estimate of drug-likeness (QED) is 0.575. The molecule has 0 aromatic carbocycles. The maximum Gasteiger partial charge on any atom is 0.222 e. The van der Waals surface area contributed by atoms with E-state index in [1.165, 1.54) is 6.20 Å². The number of pyridine rings is 2. The van der Waals surface area contributed by atoms with Crippen molar-refractivity contribution in [3.8, 4) is 22.9 Å². The molecule has 0 spiro atoms. The van der Waals surface area contributed by atoms with E-state index in [0.29, 0.717) is 42.3 Å². The smallest absolute Gasteiger partial charge is 0.222 e. The highest BCUT2D eigenvalue weighted by atomic mass is 16.5. The number of rotatable bonds is 7. The number of amides is 1. The zero-order chi connectivity index (χ0) is 24.2. The largest absolute Gasteiger partial charge is 0.489 e. The Morgan fingerprint density at radius 1 is 1.21 bits per heavy atom. The van der Waals surface area contributed by atoms with Crippen LogP contribution in [0.3, 0.4) is 0 Å². The summed E-state index contributed by atoms with van der Waals surface area (Å²) in [6, 6.07) is 7.97. The van der Waals surface area contributed by atoms with Crippen LogP contribution in [0.15, 0.2) is 36.8 Å². The Morgan fingerprint density at radius 3 is 2.59 bits per heavy atom. The van der Waals surface area contributed by atoms with Gasteiger partial charge < -0.3 is 19.6 Å². The van der Waals surface area contributed by atoms with Crippen LogP contribution in [0.5, 0.6) is 5.75 Å². The fourth-order valence-electron chi connectivity index (χ4n) is 4.09. The van der Waals surface area contributed by atoms with Crippen LogP contribution in [0.1, 0.15) is 32.8 Å². The summed E-state index contributed by atoms with van der Waals surface area (Å²) in [4.78, 5) is 21.1. The number of aliphatic hydroxyl groups is 1. The molecule has 0 radical (unpaired) electrons. The molecule has 1 saturated heterocycles. The topological polar surface area (TPSA) is 107 Å². The molecule has 1 N–H and O–H groups in total. The summed E-state index contributed by atoms with van der Waals surface area (Å²) in [5, 5.41) is 23.4. The Kier molecular flexibility index (Phi) is 6.98. The molecule has 1 aliphatic rings. The van der Waals surface area contributed by atoms with E-state index in [1.807, 2.05) is 23.1 Å². The number of hydrogen-bond donors (Lipinski definition) is 1. The molecule has 4 heterocycles. The predicted molar refractivity (Wildman–Crippen MR) is 129 cm³/mol. The average Bonchev–Trinajstić information content (AvgIpc) is 3.25. The van der Waals surface area contributed by atoms with Crippen molar-refractivity contribution >= 4 is 17.2 Å². The van der Waals surface area contributed by atoms with Crippen LogP contribution in [-0.4, -0.2) is 69.4 Å². The number of aliphatic hydroxyl groups excluding tert-OH is 1. The maximum atomic E-state index is 12.3. The van der Waals surface area contributed by atoms with E-state index in [0.717, 1.165) is 30.0 Å². The van der Waals surface area contributed by atoms with Crippen LogP contribution in [-0.2, 0) is 4.79 Å². The fraction of sp³-hybridized carbons (Fsp3) is 0.440. The summed E-state index contributed by atoms with van der Waals surface area (Å²) < 4.78 is 7.32. The SMILES string of the molecule is CC(C)CC(=O)N1CCN(c2ccc(-c3cc(OCC(C)O)cn4ncc(C#N)c34)cn2)CC1. The van der Waals surface area contributed by atoms with Gasteiger partial charge in [-0.15, -0.1) is 0 Å². The number of nitrogens with zero attached hydrogens (tertiary/aromatic N) is 6. The first-order valence-electron chi connectivity index (χ1n) is 11.6. The summed E-state index contributed by atoms with van der Waals surface area (Å²) in [6.45, 7) is 8.80. The summed E-state index contributed by atoms with van der Waals surface area (Å²) in [5.74, 6) is 1.97. The van der Waals surface area contributed by atoms with E-state index in [4.69, 9.17) is 4.74 Å². The molecule has 0 saturated carbocycles. The molecule has 0 aliphatic carbocycles. The second-order valence-corrected chi connectivity index (χ2v) is 9.08. The van der Waals surface area contributed by atoms with Crippen molar-refractivity contribution in [3.05, 3.63) is 42.4 Å². The lowest BCUT2D eigenvalue weighted by atomic mass is 10.1. The third-order valence-corrected chi connectivity index (χ3v) is 5.80. The summed E-state index contributed by atoms with van der Waals surface area (Å²) >= 11 is 0. The van der Waals surface area contributed by atoms with E-state index < -0.39 is 6.10 Å². The lowest BCUT2D eigenvalue weighted by Crippen LogP contribution is -2.49. The van der Waals surface area contributed by atoms with Gasteiger partial charge in [-0.25, -0.2) is 9.50 Å². The molecular weight excluding hydrogens is 432 g/mol. The van der Waals surface area contributed by atoms with Crippen molar-refractivity contribution in [3.63, 3.8) is 0 Å². The van der Waals surface area contributed by atoms with E-state index in [9.17, 15) is 15.2 Å². The highest BCUT2D eigenvalue weighted by Crippen LogP contribution is 2.31. The van der Waals surface area contributed by atoms with Gasteiger partial charge in [-0.05, 0) is 31.0 Å². The molecule has 4 rings (SSSR count). The zero-order valence-electron chi connectivity index (χ0n) is 19.8. The van der Waals surface area contributed by atoms with E-state index in [-0.39, 0.29) is 12.5 Å². The van der Waals surface area contributed by atoms with Crippen LogP contribution in [0.25, 0.3) is 16.6 Å². The fourth-order valence-corrected chi connectivity index (χ4v) is 4.09.